The molecule has 146 valence electrons. The Morgan fingerprint density at radius 1 is 0.714 bits per heavy atom. The van der Waals surface area contributed by atoms with E-state index >= 15 is 0 Å². The first-order chi connectivity index (χ1) is 13.3. The van der Waals surface area contributed by atoms with Crippen molar-refractivity contribution in [2.75, 3.05) is 48.6 Å². The topological polar surface area (TPSA) is 64.7 Å². The predicted molar refractivity (Wildman–Crippen MR) is 115 cm³/mol. The highest BCUT2D eigenvalue weighted by atomic mass is 16.2. The van der Waals surface area contributed by atoms with Crippen molar-refractivity contribution in [3.8, 4) is 0 Å². The van der Waals surface area contributed by atoms with E-state index in [0.29, 0.717) is 16.9 Å². The van der Waals surface area contributed by atoms with Gasteiger partial charge in [0.25, 0.3) is 0 Å². The summed E-state index contributed by atoms with van der Waals surface area (Å²) >= 11 is 0. The Morgan fingerprint density at radius 3 is 1.32 bits per heavy atom. The monoisotopic (exact) mass is 378 g/mol. The molecule has 0 heterocycles. The fraction of sp³-hybridized carbons (Fsp3) is 0.273. The third-order valence-electron chi connectivity index (χ3n) is 4.89. The van der Waals surface area contributed by atoms with Gasteiger partial charge in [-0.05, 0) is 48.5 Å². The fourth-order valence-corrected chi connectivity index (χ4v) is 3.08. The number of nitrogens with one attached hydrogen (secondary N) is 2. The number of rotatable bonds is 6. The second-order valence-corrected chi connectivity index (χ2v) is 7.39. The van der Waals surface area contributed by atoms with Gasteiger partial charge in [-0.1, -0.05) is 12.2 Å². The molecule has 1 aliphatic rings. The van der Waals surface area contributed by atoms with E-state index in [4.69, 9.17) is 0 Å². The molecule has 0 aromatic heterocycles. The Balaban J connectivity index is 1.58. The number of hydrogen-bond acceptors (Lipinski definition) is 4. The second-order valence-electron chi connectivity index (χ2n) is 7.39. The molecule has 6 heteroatoms. The van der Waals surface area contributed by atoms with Gasteiger partial charge in [0.05, 0.1) is 11.8 Å². The van der Waals surface area contributed by atoms with Crippen molar-refractivity contribution in [2.24, 2.45) is 11.8 Å². The average Bonchev–Trinajstić information content (AvgIpc) is 3.34. The molecule has 0 bridgehead atoms. The number of nitrogens with zero attached hydrogens (tertiary/aromatic N) is 2. The zero-order valence-corrected chi connectivity index (χ0v) is 16.7. The number of anilines is 4. The standard InChI is InChI=1S/C22H26N4O2/c1-14-19(21(27)23-15-6-10-17(11-7-15)25(2)3)20(14)22(28)24-16-8-12-18(13-9-16)26(4)5/h6-13,19-20H,1H2,2-5H3,(H,23,27)(H,24,28)/t19-,20-/m1/s1. The molecule has 1 saturated carbocycles. The Morgan fingerprint density at radius 2 is 1.04 bits per heavy atom. The maximum absolute atomic E-state index is 12.5. The Labute approximate surface area is 165 Å². The van der Waals surface area contributed by atoms with Crippen molar-refractivity contribution in [2.45, 2.75) is 0 Å². The zero-order valence-electron chi connectivity index (χ0n) is 16.7. The molecule has 0 saturated heterocycles. The molecular formula is C22H26N4O2. The summed E-state index contributed by atoms with van der Waals surface area (Å²) < 4.78 is 0. The van der Waals surface area contributed by atoms with Crippen LogP contribution >= 0.6 is 0 Å². The summed E-state index contributed by atoms with van der Waals surface area (Å²) in [4.78, 5) is 29.0. The van der Waals surface area contributed by atoms with Gasteiger partial charge in [0.2, 0.25) is 11.8 Å². The van der Waals surface area contributed by atoms with Gasteiger partial charge in [0.15, 0.2) is 0 Å². The van der Waals surface area contributed by atoms with E-state index in [1.54, 1.807) is 0 Å². The van der Waals surface area contributed by atoms with Gasteiger partial charge in [0.1, 0.15) is 0 Å². The van der Waals surface area contributed by atoms with E-state index in [2.05, 4.69) is 17.2 Å². The summed E-state index contributed by atoms with van der Waals surface area (Å²) in [5, 5.41) is 5.73. The van der Waals surface area contributed by atoms with Crippen LogP contribution in [0.15, 0.2) is 60.7 Å². The van der Waals surface area contributed by atoms with Gasteiger partial charge >= 0.3 is 0 Å². The van der Waals surface area contributed by atoms with E-state index in [0.717, 1.165) is 11.4 Å². The molecule has 1 aliphatic carbocycles. The van der Waals surface area contributed by atoms with Gasteiger partial charge in [-0.15, -0.1) is 0 Å². The number of hydrogen-bond donors (Lipinski definition) is 2. The minimum Gasteiger partial charge on any atom is -0.378 e. The summed E-state index contributed by atoms with van der Waals surface area (Å²) in [7, 11) is 7.83. The van der Waals surface area contributed by atoms with E-state index in [-0.39, 0.29) is 11.8 Å². The molecule has 0 aliphatic heterocycles. The first-order valence-electron chi connectivity index (χ1n) is 9.13. The highest BCUT2D eigenvalue weighted by Crippen LogP contribution is 2.45. The highest BCUT2D eigenvalue weighted by Gasteiger charge is 2.52. The highest BCUT2D eigenvalue weighted by molar-refractivity contribution is 6.08. The van der Waals surface area contributed by atoms with Gasteiger partial charge in [-0.25, -0.2) is 0 Å². The van der Waals surface area contributed by atoms with E-state index in [9.17, 15) is 9.59 Å². The van der Waals surface area contributed by atoms with Crippen LogP contribution in [0.3, 0.4) is 0 Å². The van der Waals surface area contributed by atoms with Crippen molar-refractivity contribution in [3.63, 3.8) is 0 Å². The summed E-state index contributed by atoms with van der Waals surface area (Å²) in [5.41, 5.74) is 4.14. The molecule has 28 heavy (non-hydrogen) atoms. The smallest absolute Gasteiger partial charge is 0.232 e. The van der Waals surface area contributed by atoms with Crippen molar-refractivity contribution >= 4 is 34.6 Å². The van der Waals surface area contributed by atoms with Crippen LogP contribution in [0.5, 0.6) is 0 Å². The van der Waals surface area contributed by atoms with Crippen LogP contribution in [-0.2, 0) is 9.59 Å². The zero-order chi connectivity index (χ0) is 20.4. The number of carbonyl (C=O) groups excluding carboxylic acids is 2. The van der Waals surface area contributed by atoms with Crippen LogP contribution in [0.25, 0.3) is 0 Å². The van der Waals surface area contributed by atoms with Gasteiger partial charge in [-0.2, -0.15) is 0 Å². The lowest BCUT2D eigenvalue weighted by Gasteiger charge is -2.13. The van der Waals surface area contributed by atoms with E-state index in [1.165, 1.54) is 0 Å². The van der Waals surface area contributed by atoms with Gasteiger partial charge in [-0.3, -0.25) is 9.59 Å². The van der Waals surface area contributed by atoms with Crippen LogP contribution in [0.4, 0.5) is 22.7 Å². The molecule has 2 atom stereocenters. The second kappa shape index (κ2) is 7.76. The number of carbonyl (C=O) groups is 2. The largest absolute Gasteiger partial charge is 0.378 e. The van der Waals surface area contributed by atoms with Gasteiger partial charge < -0.3 is 20.4 Å². The maximum Gasteiger partial charge on any atom is 0.232 e. The Hall–Kier alpha value is -3.28. The molecule has 0 radical (unpaired) electrons. The lowest BCUT2D eigenvalue weighted by atomic mass is 10.2. The van der Waals surface area contributed by atoms with Crippen LogP contribution in [0.1, 0.15) is 0 Å². The first kappa shape index (κ1) is 19.5. The quantitative estimate of drug-likeness (QED) is 0.758. The minimum absolute atomic E-state index is 0.203. The first-order valence-corrected chi connectivity index (χ1v) is 9.13. The lowest BCUT2D eigenvalue weighted by Crippen LogP contribution is -2.20. The van der Waals surface area contributed by atoms with E-state index in [1.807, 2.05) is 86.5 Å². The van der Waals surface area contributed by atoms with Crippen molar-refractivity contribution < 1.29 is 9.59 Å². The van der Waals surface area contributed by atoms with Crippen molar-refractivity contribution in [1.29, 1.82) is 0 Å². The predicted octanol–water partition coefficient (Wildman–Crippen LogP) is 3.20. The van der Waals surface area contributed by atoms with Crippen LogP contribution < -0.4 is 20.4 Å². The van der Waals surface area contributed by atoms with Crippen molar-refractivity contribution in [3.05, 3.63) is 60.7 Å². The molecule has 6 nitrogen and oxygen atoms in total. The minimum atomic E-state index is -0.491. The molecule has 3 rings (SSSR count). The summed E-state index contributed by atoms with van der Waals surface area (Å²) in [6.45, 7) is 3.89. The molecule has 0 unspecified atom stereocenters. The van der Waals surface area contributed by atoms with Crippen LogP contribution in [0, 0.1) is 11.8 Å². The van der Waals surface area contributed by atoms with Crippen LogP contribution in [-0.4, -0.2) is 40.0 Å². The summed E-state index contributed by atoms with van der Waals surface area (Å²) in [6, 6.07) is 15.1. The third-order valence-corrected chi connectivity index (χ3v) is 4.89. The van der Waals surface area contributed by atoms with Crippen LogP contribution in [0.2, 0.25) is 0 Å². The average molecular weight is 378 g/mol. The Bertz CT molecular complexity index is 812. The SMILES string of the molecule is C=C1[C@@H](C(=O)Nc2ccc(N(C)C)cc2)[C@@H]1C(=O)Nc1ccc(N(C)C)cc1. The third kappa shape index (κ3) is 4.17. The van der Waals surface area contributed by atoms with Gasteiger partial charge in [0, 0.05) is 50.9 Å². The maximum atomic E-state index is 12.5. The summed E-state index contributed by atoms with van der Waals surface area (Å²) in [5.74, 6) is -1.39. The van der Waals surface area contributed by atoms with Crippen molar-refractivity contribution in [1.82, 2.24) is 0 Å². The fourth-order valence-electron chi connectivity index (χ4n) is 3.08. The Kier molecular flexibility index (Phi) is 5.40. The number of benzene rings is 2. The normalized spacial score (nSPS) is 17.6. The molecule has 2 aromatic carbocycles. The molecule has 0 spiro atoms. The summed E-state index contributed by atoms with van der Waals surface area (Å²) in [6.07, 6.45) is 0. The molecule has 2 amide bonds. The molecule has 2 aromatic rings. The lowest BCUT2D eigenvalue weighted by molar-refractivity contribution is -0.122. The molecule has 1 fully saturated rings. The number of amides is 2. The van der Waals surface area contributed by atoms with E-state index < -0.39 is 11.8 Å². The molecule has 2 N–H and O–H groups in total. The molecular weight excluding hydrogens is 352 g/mol.